The number of anilines is 1. The van der Waals surface area contributed by atoms with E-state index in [4.69, 9.17) is 20.2 Å². The van der Waals surface area contributed by atoms with Gasteiger partial charge in [-0.15, -0.1) is 0 Å². The van der Waals surface area contributed by atoms with Crippen molar-refractivity contribution in [2.45, 2.75) is 12.1 Å². The average molecular weight is 388 g/mol. The third kappa shape index (κ3) is 4.66. The molecule has 0 saturated heterocycles. The minimum atomic E-state index is -3.92. The molecule has 0 fully saturated rings. The van der Waals surface area contributed by atoms with Crippen molar-refractivity contribution in [3.8, 4) is 6.07 Å². The Morgan fingerprint density at radius 1 is 1.36 bits per heavy atom. The van der Waals surface area contributed by atoms with Crippen molar-refractivity contribution >= 4 is 36.0 Å². The van der Waals surface area contributed by atoms with Crippen molar-refractivity contribution in [3.05, 3.63) is 35.5 Å². The summed E-state index contributed by atoms with van der Waals surface area (Å²) in [5, 5.41) is 18.0. The van der Waals surface area contributed by atoms with Gasteiger partial charge in [-0.2, -0.15) is 14.0 Å². The van der Waals surface area contributed by atoms with Gasteiger partial charge in [0.2, 0.25) is 8.38 Å². The van der Waals surface area contributed by atoms with Crippen LogP contribution in [-0.4, -0.2) is 31.3 Å². The van der Waals surface area contributed by atoms with E-state index in [0.29, 0.717) is 35.3 Å². The summed E-state index contributed by atoms with van der Waals surface area (Å²) in [6, 6.07) is 5.43. The Morgan fingerprint density at radius 3 is 2.68 bits per heavy atom. The fourth-order valence-electron chi connectivity index (χ4n) is 2.17. The molecule has 11 heteroatoms. The Bertz CT molecular complexity index is 845. The average Bonchev–Trinajstić information content (AvgIpc) is 2.57. The molecule has 1 aromatic carbocycles. The van der Waals surface area contributed by atoms with Crippen LogP contribution in [0.2, 0.25) is 0 Å². The first-order valence-electron chi connectivity index (χ1n) is 7.02. The number of alkyl halides is 2. The molecular formula is C14H15F2N4O3PS. The summed E-state index contributed by atoms with van der Waals surface area (Å²) in [5.41, 5.74) is -5.01. The Morgan fingerprint density at radius 2 is 2.08 bits per heavy atom. The van der Waals surface area contributed by atoms with Crippen LogP contribution in [0.25, 0.3) is 10.8 Å². The molecule has 1 atom stereocenters. The van der Waals surface area contributed by atoms with Crippen LogP contribution in [0, 0.1) is 11.3 Å². The first-order valence-corrected chi connectivity index (χ1v) is 9.65. The van der Waals surface area contributed by atoms with Crippen molar-refractivity contribution in [2.75, 3.05) is 17.6 Å². The van der Waals surface area contributed by atoms with E-state index in [1.54, 1.807) is 6.07 Å². The fourth-order valence-corrected chi connectivity index (χ4v) is 3.00. The first-order chi connectivity index (χ1) is 11.8. The standard InChI is InChI=1S/C14H15F2N4O3PS/c15-14(16,24(21)22)12-5-9-6-13(19-2-1-3-25(18)23)20-8-11(9)4-10(12)7-17/h4-6,8,21-22H,1-3,18H2,(H,19,20). The van der Waals surface area contributed by atoms with E-state index in [0.717, 1.165) is 6.07 Å². The predicted octanol–water partition coefficient (Wildman–Crippen LogP) is 1.88. The summed E-state index contributed by atoms with van der Waals surface area (Å²) in [5.74, 6) is 0.725. The topological polar surface area (TPSA) is 132 Å². The van der Waals surface area contributed by atoms with Crippen LogP contribution in [-0.2, 0) is 16.6 Å². The van der Waals surface area contributed by atoms with Gasteiger partial charge in [-0.1, -0.05) is 0 Å². The van der Waals surface area contributed by atoms with Gasteiger partial charge in [-0.3, -0.25) is 5.14 Å². The largest absolute Gasteiger partial charge is 0.370 e. The zero-order valence-electron chi connectivity index (χ0n) is 12.8. The highest BCUT2D eigenvalue weighted by atomic mass is 32.2. The molecule has 1 unspecified atom stereocenters. The number of hydrogen-bond donors (Lipinski definition) is 4. The maximum absolute atomic E-state index is 14.0. The van der Waals surface area contributed by atoms with Crippen LogP contribution in [0.1, 0.15) is 17.5 Å². The molecule has 0 amide bonds. The van der Waals surface area contributed by atoms with Crippen LogP contribution in [0.4, 0.5) is 14.6 Å². The number of halogens is 2. The minimum Gasteiger partial charge on any atom is -0.370 e. The van der Waals surface area contributed by atoms with Gasteiger partial charge in [0.1, 0.15) is 5.82 Å². The van der Waals surface area contributed by atoms with E-state index in [1.807, 2.05) is 0 Å². The van der Waals surface area contributed by atoms with Gasteiger partial charge in [0.05, 0.1) is 22.6 Å². The number of nitrogens with two attached hydrogens (primary N) is 1. The monoisotopic (exact) mass is 388 g/mol. The maximum atomic E-state index is 14.0. The van der Waals surface area contributed by atoms with Crippen LogP contribution >= 0.6 is 8.38 Å². The molecule has 1 heterocycles. The second-order valence-corrected chi connectivity index (χ2v) is 7.43. The number of aromatic nitrogens is 1. The maximum Gasteiger partial charge on any atom is 0.340 e. The summed E-state index contributed by atoms with van der Waals surface area (Å²) >= 11 is 0. The van der Waals surface area contributed by atoms with Gasteiger partial charge in [-0.05, 0) is 30.0 Å². The van der Waals surface area contributed by atoms with E-state index in [2.05, 4.69) is 10.3 Å². The summed E-state index contributed by atoms with van der Waals surface area (Å²) in [6.45, 7) is 0.444. The quantitative estimate of drug-likeness (QED) is 0.423. The molecule has 1 aromatic heterocycles. The number of fused-ring (bicyclic) bond motifs is 1. The fraction of sp³-hybridized carbons (Fsp3) is 0.286. The van der Waals surface area contributed by atoms with Crippen molar-refractivity contribution in [2.24, 2.45) is 5.14 Å². The molecule has 134 valence electrons. The number of nitrogens with one attached hydrogen (secondary N) is 1. The molecule has 0 aliphatic carbocycles. The molecule has 0 aliphatic heterocycles. The lowest BCUT2D eigenvalue weighted by molar-refractivity contribution is 0.0731. The van der Waals surface area contributed by atoms with Crippen LogP contribution in [0.15, 0.2) is 24.4 Å². The minimum absolute atomic E-state index is 0.318. The molecule has 7 nitrogen and oxygen atoms in total. The number of hydrogen-bond acceptors (Lipinski definition) is 6. The van der Waals surface area contributed by atoms with E-state index >= 15 is 0 Å². The Labute approximate surface area is 146 Å². The molecule has 2 aromatic rings. The van der Waals surface area contributed by atoms with Gasteiger partial charge in [0.15, 0.2) is 0 Å². The van der Waals surface area contributed by atoms with Crippen molar-refractivity contribution in [1.29, 1.82) is 5.26 Å². The van der Waals surface area contributed by atoms with Crippen molar-refractivity contribution in [3.63, 3.8) is 0 Å². The molecule has 5 N–H and O–H groups in total. The lowest BCUT2D eigenvalue weighted by Gasteiger charge is -2.19. The summed E-state index contributed by atoms with van der Waals surface area (Å²) in [6.07, 6.45) is 1.96. The van der Waals surface area contributed by atoms with Crippen molar-refractivity contribution in [1.82, 2.24) is 4.98 Å². The third-order valence-electron chi connectivity index (χ3n) is 3.38. The molecule has 0 bridgehead atoms. The molecule has 25 heavy (non-hydrogen) atoms. The second-order valence-electron chi connectivity index (χ2n) is 5.12. The van der Waals surface area contributed by atoms with Crippen LogP contribution < -0.4 is 10.5 Å². The zero-order valence-corrected chi connectivity index (χ0v) is 14.5. The molecule has 0 saturated carbocycles. The van der Waals surface area contributed by atoms with Gasteiger partial charge >= 0.3 is 5.66 Å². The van der Waals surface area contributed by atoms with Gasteiger partial charge in [-0.25, -0.2) is 9.19 Å². The second kappa shape index (κ2) is 8.08. The SMILES string of the molecule is N#Cc1cc2cnc(NCCCS(N)=O)cc2cc1C(F)(F)P(O)O. The highest BCUT2D eigenvalue weighted by Crippen LogP contribution is 2.53. The third-order valence-corrected chi connectivity index (χ3v) is 4.82. The van der Waals surface area contributed by atoms with Crippen LogP contribution in [0.5, 0.6) is 0 Å². The van der Waals surface area contributed by atoms with E-state index < -0.39 is 30.6 Å². The zero-order chi connectivity index (χ0) is 18.6. The van der Waals surface area contributed by atoms with Gasteiger partial charge in [0.25, 0.3) is 0 Å². The lowest BCUT2D eigenvalue weighted by Crippen LogP contribution is -2.13. The smallest absolute Gasteiger partial charge is 0.340 e. The molecular weight excluding hydrogens is 373 g/mol. The van der Waals surface area contributed by atoms with E-state index in [9.17, 15) is 13.0 Å². The van der Waals surface area contributed by atoms with Gasteiger partial charge < -0.3 is 15.1 Å². The first kappa shape index (κ1) is 19.6. The number of rotatable bonds is 7. The Hall–Kier alpha value is -1.76. The molecule has 2 rings (SSSR count). The molecule has 0 spiro atoms. The normalized spacial score (nSPS) is 13.0. The summed E-state index contributed by atoms with van der Waals surface area (Å²) in [7, 11) is -4.97. The number of benzene rings is 1. The predicted molar refractivity (Wildman–Crippen MR) is 92.0 cm³/mol. The number of pyridine rings is 1. The summed E-state index contributed by atoms with van der Waals surface area (Å²) < 4.78 is 38.8. The highest BCUT2D eigenvalue weighted by Gasteiger charge is 2.43. The number of nitriles is 1. The van der Waals surface area contributed by atoms with Gasteiger partial charge in [0, 0.05) is 29.4 Å². The van der Waals surface area contributed by atoms with Crippen molar-refractivity contribution < 1.29 is 22.8 Å². The Balaban J connectivity index is 2.35. The molecule has 0 radical (unpaired) electrons. The molecule has 0 aliphatic rings. The number of nitrogens with zero attached hydrogens (tertiary/aromatic N) is 2. The van der Waals surface area contributed by atoms with Crippen LogP contribution in [0.3, 0.4) is 0 Å². The lowest BCUT2D eigenvalue weighted by atomic mass is 10.0. The van der Waals surface area contributed by atoms with E-state index in [-0.39, 0.29) is 5.56 Å². The highest BCUT2D eigenvalue weighted by molar-refractivity contribution is 7.82. The van der Waals surface area contributed by atoms with E-state index in [1.165, 1.54) is 18.3 Å². The Kier molecular flexibility index (Phi) is 6.32. The summed E-state index contributed by atoms with van der Waals surface area (Å²) in [4.78, 5) is 22.1.